The molecule has 0 radical (unpaired) electrons. The van der Waals surface area contributed by atoms with Crippen LogP contribution < -0.4 is 0 Å². The zero-order valence-electron chi connectivity index (χ0n) is 32.3. The van der Waals surface area contributed by atoms with E-state index in [1.54, 1.807) is 36.4 Å². The Morgan fingerprint density at radius 3 is 1.17 bits per heavy atom. The molecule has 0 saturated carbocycles. The molecule has 0 saturated heterocycles. The van der Waals surface area contributed by atoms with Crippen molar-refractivity contribution in [3.05, 3.63) is 115 Å². The molecule has 0 aliphatic rings. The number of phenolic OH excluding ortho intramolecular Hbond substituents is 2. The first-order valence-corrected chi connectivity index (χ1v) is 17.5. The van der Waals surface area contributed by atoms with E-state index in [1.807, 2.05) is 12.1 Å². The molecule has 4 aromatic rings. The summed E-state index contributed by atoms with van der Waals surface area (Å²) < 4.78 is 0. The predicted octanol–water partition coefficient (Wildman–Crippen LogP) is 12.8. The van der Waals surface area contributed by atoms with E-state index in [9.17, 15) is 30.4 Å². The number of azo groups is 2. The number of aromatic hydroxyl groups is 2. The van der Waals surface area contributed by atoms with Crippen molar-refractivity contribution >= 4 is 34.1 Å². The lowest BCUT2D eigenvalue weighted by atomic mass is 9.71. The molecule has 0 unspecified atom stereocenters. The SMILES string of the molecule is CC(C)(C)CC(C)(C)c1cc(Cc2cc(C(C)(C)CC(C)(C)C)cc(N=Nc3ccccc3[N+](=O)[O-])c2O)c(O)c(N=Nc2ccccc2[N+](=O)[O-])c1. The van der Waals surface area contributed by atoms with Crippen LogP contribution in [0.3, 0.4) is 0 Å². The fourth-order valence-electron chi connectivity index (χ4n) is 7.24. The van der Waals surface area contributed by atoms with Crippen molar-refractivity contribution in [2.24, 2.45) is 31.3 Å². The molecule has 0 aliphatic heterocycles. The van der Waals surface area contributed by atoms with E-state index in [2.05, 4.69) is 89.7 Å². The number of nitro benzene ring substituents is 2. The molecule has 0 spiro atoms. The van der Waals surface area contributed by atoms with Crippen LogP contribution in [-0.2, 0) is 17.3 Å². The monoisotopic (exact) mass is 722 g/mol. The van der Waals surface area contributed by atoms with Crippen LogP contribution in [0.4, 0.5) is 34.1 Å². The van der Waals surface area contributed by atoms with Crippen LogP contribution in [0.15, 0.2) is 93.3 Å². The van der Waals surface area contributed by atoms with Gasteiger partial charge < -0.3 is 10.2 Å². The Labute approximate surface area is 311 Å². The van der Waals surface area contributed by atoms with Gasteiger partial charge in [0.1, 0.15) is 22.9 Å². The van der Waals surface area contributed by atoms with Crippen LogP contribution in [0.5, 0.6) is 11.5 Å². The fourth-order valence-corrected chi connectivity index (χ4v) is 7.24. The van der Waals surface area contributed by atoms with Gasteiger partial charge in [-0.25, -0.2) is 0 Å². The van der Waals surface area contributed by atoms with Crippen molar-refractivity contribution in [1.29, 1.82) is 0 Å². The second kappa shape index (κ2) is 15.2. The van der Waals surface area contributed by atoms with Gasteiger partial charge in [0.05, 0.1) is 9.85 Å². The number of phenols is 2. The minimum Gasteiger partial charge on any atom is -0.505 e. The van der Waals surface area contributed by atoms with Gasteiger partial charge >= 0.3 is 0 Å². The number of para-hydroxylation sites is 2. The summed E-state index contributed by atoms with van der Waals surface area (Å²) in [6.45, 7) is 21.3. The van der Waals surface area contributed by atoms with E-state index in [1.165, 1.54) is 24.3 Å². The number of benzene rings is 4. The number of hydrogen-bond acceptors (Lipinski definition) is 10. The smallest absolute Gasteiger partial charge is 0.296 e. The summed E-state index contributed by atoms with van der Waals surface area (Å²) in [6, 6.07) is 19.3. The van der Waals surface area contributed by atoms with Gasteiger partial charge in [0, 0.05) is 29.7 Å². The molecule has 280 valence electrons. The zero-order valence-corrected chi connectivity index (χ0v) is 32.3. The maximum Gasteiger partial charge on any atom is 0.296 e. The summed E-state index contributed by atoms with van der Waals surface area (Å²) in [5, 5.41) is 63.8. The third-order valence-electron chi connectivity index (χ3n) is 8.91. The molecule has 4 rings (SSSR count). The van der Waals surface area contributed by atoms with Gasteiger partial charge in [-0.1, -0.05) is 106 Å². The molecule has 2 N–H and O–H groups in total. The first kappa shape index (κ1) is 40.3. The topological polar surface area (TPSA) is 176 Å². The second-order valence-electron chi connectivity index (χ2n) is 17.3. The fraction of sp³-hybridized carbons (Fsp3) is 0.415. The van der Waals surface area contributed by atoms with Gasteiger partial charge in [0.25, 0.3) is 11.4 Å². The van der Waals surface area contributed by atoms with Crippen molar-refractivity contribution in [1.82, 2.24) is 0 Å². The zero-order chi connectivity index (χ0) is 39.5. The van der Waals surface area contributed by atoms with Crippen LogP contribution in [0, 0.1) is 31.1 Å². The van der Waals surface area contributed by atoms with Crippen LogP contribution in [0.2, 0.25) is 0 Å². The summed E-state index contributed by atoms with van der Waals surface area (Å²) in [4.78, 5) is 22.3. The standard InChI is InChI=1S/C41H50N6O6/c1-38(2,3)24-40(7,8)28-20-26(36(48)32(22-28)44-42-30-15-11-13-17-34(30)46(50)51)19-27-21-29(41(9,10)25-39(4,5)6)23-33(37(27)49)45-43-31-16-12-14-18-35(31)47(52)53/h11-18,20-23,48-49H,19,24-25H2,1-10H3. The summed E-state index contributed by atoms with van der Waals surface area (Å²) in [6.07, 6.45) is 1.62. The quantitative estimate of drug-likeness (QED) is 0.0834. The lowest BCUT2D eigenvalue weighted by Crippen LogP contribution is -2.25. The summed E-state index contributed by atoms with van der Waals surface area (Å²) >= 11 is 0. The van der Waals surface area contributed by atoms with Crippen molar-refractivity contribution in [3.8, 4) is 11.5 Å². The maximum absolute atomic E-state index is 11.7. The molecule has 12 nitrogen and oxygen atoms in total. The number of nitrogens with zero attached hydrogens (tertiary/aromatic N) is 6. The van der Waals surface area contributed by atoms with Crippen LogP contribution >= 0.6 is 0 Å². The predicted molar refractivity (Wildman–Crippen MR) is 208 cm³/mol. The van der Waals surface area contributed by atoms with E-state index >= 15 is 0 Å². The van der Waals surface area contributed by atoms with Crippen LogP contribution in [-0.4, -0.2) is 20.1 Å². The van der Waals surface area contributed by atoms with Crippen molar-refractivity contribution < 1.29 is 20.1 Å². The van der Waals surface area contributed by atoms with Gasteiger partial charge in [-0.15, -0.1) is 20.5 Å². The van der Waals surface area contributed by atoms with E-state index in [4.69, 9.17) is 0 Å². The first-order chi connectivity index (χ1) is 24.5. The molecular weight excluding hydrogens is 672 g/mol. The van der Waals surface area contributed by atoms with Crippen molar-refractivity contribution in [2.45, 2.75) is 99.3 Å². The highest BCUT2D eigenvalue weighted by molar-refractivity contribution is 5.65. The Kier molecular flexibility index (Phi) is 11.6. The maximum atomic E-state index is 11.7. The van der Waals surface area contributed by atoms with Gasteiger partial charge in [-0.3, -0.25) is 20.2 Å². The van der Waals surface area contributed by atoms with Crippen LogP contribution in [0.25, 0.3) is 0 Å². The molecule has 0 aromatic heterocycles. The molecule has 0 heterocycles. The summed E-state index contributed by atoms with van der Waals surface area (Å²) in [7, 11) is 0. The van der Waals surface area contributed by atoms with Crippen LogP contribution in [0.1, 0.15) is 104 Å². The molecule has 53 heavy (non-hydrogen) atoms. The number of rotatable bonds is 12. The Morgan fingerprint density at radius 2 is 0.849 bits per heavy atom. The molecule has 0 aliphatic carbocycles. The van der Waals surface area contributed by atoms with Gasteiger partial charge in [-0.05, 0) is 69.9 Å². The Balaban J connectivity index is 1.94. The third-order valence-corrected chi connectivity index (χ3v) is 8.91. The van der Waals surface area contributed by atoms with E-state index in [0.717, 1.165) is 24.0 Å². The highest BCUT2D eigenvalue weighted by Crippen LogP contribution is 2.46. The Bertz CT molecular complexity index is 1930. The normalized spacial score (nSPS) is 12.9. The number of nitro groups is 2. The molecular formula is C41H50N6O6. The molecule has 0 bridgehead atoms. The molecule has 4 aromatic carbocycles. The van der Waals surface area contributed by atoms with Gasteiger partial charge in [0.2, 0.25) is 0 Å². The Morgan fingerprint density at radius 1 is 0.528 bits per heavy atom. The van der Waals surface area contributed by atoms with E-state index in [-0.39, 0.29) is 62.9 Å². The van der Waals surface area contributed by atoms with E-state index in [0.29, 0.717) is 11.1 Å². The largest absolute Gasteiger partial charge is 0.505 e. The minimum atomic E-state index is -0.537. The van der Waals surface area contributed by atoms with Crippen molar-refractivity contribution in [3.63, 3.8) is 0 Å². The lowest BCUT2D eigenvalue weighted by Gasteiger charge is -2.34. The average molecular weight is 723 g/mol. The summed E-state index contributed by atoms with van der Waals surface area (Å²) in [5.41, 5.74) is 1.61. The van der Waals surface area contributed by atoms with E-state index < -0.39 is 20.7 Å². The molecule has 12 heteroatoms. The highest BCUT2D eigenvalue weighted by Gasteiger charge is 2.31. The highest BCUT2D eigenvalue weighted by atomic mass is 16.6. The summed E-state index contributed by atoms with van der Waals surface area (Å²) in [5.74, 6) is -0.381. The van der Waals surface area contributed by atoms with Crippen molar-refractivity contribution in [2.75, 3.05) is 0 Å². The minimum absolute atomic E-state index is 0.0397. The molecule has 0 amide bonds. The second-order valence-corrected chi connectivity index (χ2v) is 17.3. The third kappa shape index (κ3) is 10.3. The average Bonchev–Trinajstić information content (AvgIpc) is 3.03. The van der Waals surface area contributed by atoms with Gasteiger partial charge in [-0.2, -0.15) is 0 Å². The lowest BCUT2D eigenvalue weighted by molar-refractivity contribution is -0.384. The number of hydrogen-bond donors (Lipinski definition) is 2. The Hall–Kier alpha value is -5.52. The molecule has 0 fully saturated rings. The van der Waals surface area contributed by atoms with Gasteiger partial charge in [0.15, 0.2) is 11.4 Å². The molecule has 0 atom stereocenters. The first-order valence-electron chi connectivity index (χ1n) is 17.5.